The summed E-state index contributed by atoms with van der Waals surface area (Å²) in [6.07, 6.45) is 0. The van der Waals surface area contributed by atoms with Crippen LogP contribution in [0.2, 0.25) is 0 Å². The van der Waals surface area contributed by atoms with Crippen molar-refractivity contribution in [1.29, 1.82) is 0 Å². The summed E-state index contributed by atoms with van der Waals surface area (Å²) in [6.45, 7) is 4.02. The second kappa shape index (κ2) is 8.42. The van der Waals surface area contributed by atoms with E-state index in [1.54, 1.807) is 17.0 Å². The fourth-order valence-electron chi connectivity index (χ4n) is 4.13. The topological polar surface area (TPSA) is 128 Å². The summed E-state index contributed by atoms with van der Waals surface area (Å²) in [4.78, 5) is 37.1. The third-order valence-corrected chi connectivity index (χ3v) is 5.80. The Morgan fingerprint density at radius 2 is 1.41 bits per heavy atom. The number of methoxy groups -OCH3 is 1. The number of benzene rings is 2. The molecule has 0 aromatic heterocycles. The molecule has 2 aliphatic rings. The molecule has 168 valence electrons. The Labute approximate surface area is 183 Å². The lowest BCUT2D eigenvalue weighted by Gasteiger charge is -2.15. The lowest BCUT2D eigenvalue weighted by molar-refractivity contribution is -0.386. The van der Waals surface area contributed by atoms with Crippen molar-refractivity contribution in [2.75, 3.05) is 20.3 Å². The fraction of sp³-hybridized carbons (Fsp3) is 0.381. The molecule has 2 aliphatic heterocycles. The van der Waals surface area contributed by atoms with Gasteiger partial charge in [0, 0.05) is 51.8 Å². The molecule has 32 heavy (non-hydrogen) atoms. The lowest BCUT2D eigenvalue weighted by atomic mass is 10.1. The Balaban J connectivity index is 1.43. The van der Waals surface area contributed by atoms with E-state index in [9.17, 15) is 25.0 Å². The maximum absolute atomic E-state index is 11.6. The third-order valence-electron chi connectivity index (χ3n) is 5.80. The van der Waals surface area contributed by atoms with Gasteiger partial charge in [0.1, 0.15) is 6.61 Å². The molecule has 4 rings (SSSR count). The van der Waals surface area contributed by atoms with Crippen LogP contribution in [0.5, 0.6) is 11.5 Å². The van der Waals surface area contributed by atoms with Gasteiger partial charge in [-0.2, -0.15) is 0 Å². The molecule has 0 spiro atoms. The zero-order chi connectivity index (χ0) is 23.0. The van der Waals surface area contributed by atoms with Crippen LogP contribution in [0, 0.1) is 20.2 Å². The number of carbonyl (C=O) groups is 1. The Morgan fingerprint density at radius 3 is 1.97 bits per heavy atom. The molecule has 0 saturated carbocycles. The average Bonchev–Trinajstić information content (AvgIpc) is 3.34. The number of nitro groups is 2. The van der Waals surface area contributed by atoms with Crippen molar-refractivity contribution in [3.8, 4) is 11.5 Å². The first-order valence-corrected chi connectivity index (χ1v) is 10.0. The molecule has 2 aromatic carbocycles. The Morgan fingerprint density at radius 1 is 0.906 bits per heavy atom. The summed E-state index contributed by atoms with van der Waals surface area (Å²) in [6, 6.07) is 6.33. The highest BCUT2D eigenvalue weighted by Crippen LogP contribution is 2.36. The Kier molecular flexibility index (Phi) is 5.66. The maximum Gasteiger partial charge on any atom is 0.311 e. The van der Waals surface area contributed by atoms with E-state index in [2.05, 4.69) is 0 Å². The number of nitrogens with zero attached hydrogens (tertiary/aromatic N) is 4. The lowest BCUT2D eigenvalue weighted by Crippen LogP contribution is -2.23. The number of rotatable bonds is 7. The molecule has 2 aromatic rings. The molecule has 0 fully saturated rings. The minimum atomic E-state index is -0.483. The van der Waals surface area contributed by atoms with E-state index < -0.39 is 9.85 Å². The first-order valence-electron chi connectivity index (χ1n) is 10.0. The summed E-state index contributed by atoms with van der Waals surface area (Å²) in [5.74, 6) is 0.310. The highest BCUT2D eigenvalue weighted by molar-refractivity contribution is 5.74. The van der Waals surface area contributed by atoms with Crippen LogP contribution >= 0.6 is 0 Å². The summed E-state index contributed by atoms with van der Waals surface area (Å²) < 4.78 is 10.9. The Bertz CT molecular complexity index is 1120. The van der Waals surface area contributed by atoms with Gasteiger partial charge in [-0.25, -0.2) is 0 Å². The van der Waals surface area contributed by atoms with Crippen molar-refractivity contribution in [3.63, 3.8) is 0 Å². The van der Waals surface area contributed by atoms with Gasteiger partial charge in [0.25, 0.3) is 0 Å². The van der Waals surface area contributed by atoms with Crippen molar-refractivity contribution >= 4 is 17.3 Å². The van der Waals surface area contributed by atoms with Gasteiger partial charge < -0.3 is 14.4 Å². The molecular formula is C21H22N4O7. The largest absolute Gasteiger partial charge is 0.490 e. The van der Waals surface area contributed by atoms with E-state index >= 15 is 0 Å². The van der Waals surface area contributed by atoms with Crippen molar-refractivity contribution in [2.45, 2.75) is 33.1 Å². The molecule has 0 unspecified atom stereocenters. The van der Waals surface area contributed by atoms with Crippen LogP contribution in [0.1, 0.15) is 29.2 Å². The van der Waals surface area contributed by atoms with Crippen LogP contribution in [-0.4, -0.2) is 45.8 Å². The molecule has 0 bridgehead atoms. The van der Waals surface area contributed by atoms with Gasteiger partial charge in [-0.1, -0.05) is 0 Å². The molecule has 0 radical (unpaired) electrons. The van der Waals surface area contributed by atoms with Crippen LogP contribution < -0.4 is 9.47 Å². The molecule has 0 N–H and O–H groups in total. The van der Waals surface area contributed by atoms with Crippen LogP contribution in [-0.2, 0) is 31.0 Å². The number of ether oxygens (including phenoxy) is 2. The summed E-state index contributed by atoms with van der Waals surface area (Å²) in [5.41, 5.74) is 3.20. The van der Waals surface area contributed by atoms with Gasteiger partial charge in [0.05, 0.1) is 17.0 Å². The predicted octanol–water partition coefficient (Wildman–Crippen LogP) is 2.77. The first kappa shape index (κ1) is 21.5. The first-order chi connectivity index (χ1) is 15.3. The maximum atomic E-state index is 11.6. The highest BCUT2D eigenvalue weighted by Gasteiger charge is 2.28. The summed E-state index contributed by atoms with van der Waals surface area (Å²) in [7, 11) is 1.40. The second-order valence-electron chi connectivity index (χ2n) is 7.83. The van der Waals surface area contributed by atoms with E-state index in [0.29, 0.717) is 32.7 Å². The quantitative estimate of drug-likeness (QED) is 0.473. The van der Waals surface area contributed by atoms with Crippen LogP contribution in [0.4, 0.5) is 11.4 Å². The molecule has 0 atom stereocenters. The molecular weight excluding hydrogens is 420 g/mol. The summed E-state index contributed by atoms with van der Waals surface area (Å²) >= 11 is 0. The number of nitro benzene ring substituents is 2. The van der Waals surface area contributed by atoms with Crippen molar-refractivity contribution in [1.82, 2.24) is 9.80 Å². The number of hydrogen-bond donors (Lipinski definition) is 0. The van der Waals surface area contributed by atoms with E-state index in [1.807, 2.05) is 4.90 Å². The van der Waals surface area contributed by atoms with Crippen LogP contribution in [0.15, 0.2) is 24.3 Å². The van der Waals surface area contributed by atoms with E-state index in [1.165, 1.54) is 26.2 Å². The van der Waals surface area contributed by atoms with Gasteiger partial charge in [-0.15, -0.1) is 0 Å². The molecule has 0 saturated heterocycles. The monoisotopic (exact) mass is 442 g/mol. The number of fused-ring (bicyclic) bond motifs is 2. The zero-order valence-electron chi connectivity index (χ0n) is 17.7. The van der Waals surface area contributed by atoms with Gasteiger partial charge in [-0.3, -0.25) is 29.9 Å². The molecule has 11 heteroatoms. The fourth-order valence-corrected chi connectivity index (χ4v) is 4.13. The third kappa shape index (κ3) is 4.06. The van der Waals surface area contributed by atoms with Gasteiger partial charge in [0.2, 0.25) is 5.91 Å². The van der Waals surface area contributed by atoms with E-state index in [4.69, 9.17) is 9.47 Å². The molecule has 11 nitrogen and oxygen atoms in total. The molecule has 1 amide bonds. The van der Waals surface area contributed by atoms with Gasteiger partial charge >= 0.3 is 11.4 Å². The van der Waals surface area contributed by atoms with Crippen molar-refractivity contribution in [3.05, 3.63) is 66.7 Å². The zero-order valence-corrected chi connectivity index (χ0v) is 17.7. The summed E-state index contributed by atoms with van der Waals surface area (Å²) in [5, 5.41) is 22.8. The average molecular weight is 442 g/mol. The van der Waals surface area contributed by atoms with E-state index in [0.717, 1.165) is 22.3 Å². The van der Waals surface area contributed by atoms with Crippen LogP contribution in [0.25, 0.3) is 0 Å². The SMILES string of the molecule is COc1cc2c(cc1[N+](=O)[O-])CN(CCOc1cc3c(cc1[N+](=O)[O-])CN(C(C)=O)C3)C2. The Hall–Kier alpha value is -3.73. The minimum absolute atomic E-state index is 0.0716. The predicted molar refractivity (Wildman–Crippen MR) is 112 cm³/mol. The van der Waals surface area contributed by atoms with Gasteiger partial charge in [-0.05, 0) is 34.4 Å². The van der Waals surface area contributed by atoms with Gasteiger partial charge in [0.15, 0.2) is 11.5 Å². The van der Waals surface area contributed by atoms with Crippen molar-refractivity contribution in [2.24, 2.45) is 0 Å². The second-order valence-corrected chi connectivity index (χ2v) is 7.83. The standard InChI is InChI=1S/C21H22N4O7/c1-13(26)23-11-15-6-19(25(29)30)21(8-17(15)12-23)32-4-3-22-9-14-5-18(24(27)28)20(31-2)7-16(14)10-22/h5-8H,3-4,9-12H2,1-2H3. The normalized spacial score (nSPS) is 14.8. The van der Waals surface area contributed by atoms with Crippen molar-refractivity contribution < 1.29 is 24.1 Å². The molecule has 0 aliphatic carbocycles. The van der Waals surface area contributed by atoms with E-state index in [-0.39, 0.29) is 35.4 Å². The molecule has 2 heterocycles. The van der Waals surface area contributed by atoms with Crippen LogP contribution in [0.3, 0.4) is 0 Å². The smallest absolute Gasteiger partial charge is 0.311 e. The highest BCUT2D eigenvalue weighted by atomic mass is 16.6. The number of hydrogen-bond acceptors (Lipinski definition) is 8. The number of amides is 1. The minimum Gasteiger partial charge on any atom is -0.490 e. The number of carbonyl (C=O) groups excluding carboxylic acids is 1.